The minimum Gasteiger partial charge on any atom is -0.342 e. The van der Waals surface area contributed by atoms with Crippen LogP contribution in [0.15, 0.2) is 65.2 Å². The second-order valence-corrected chi connectivity index (χ2v) is 7.36. The molecule has 2 heterocycles. The predicted molar refractivity (Wildman–Crippen MR) is 119 cm³/mol. The van der Waals surface area contributed by atoms with Crippen LogP contribution < -0.4 is 5.32 Å². The second kappa shape index (κ2) is 8.39. The number of anilines is 1. The lowest BCUT2D eigenvalue weighted by Crippen LogP contribution is -2.24. The lowest BCUT2D eigenvalue weighted by Gasteiger charge is -2.18. The summed E-state index contributed by atoms with van der Waals surface area (Å²) in [5.74, 6) is -0.349. The van der Waals surface area contributed by atoms with Crippen LogP contribution in [0.5, 0.6) is 0 Å². The fraction of sp³-hybridized carbons (Fsp3) is 0.167. The van der Waals surface area contributed by atoms with E-state index in [2.05, 4.69) is 15.5 Å². The number of aryl methyl sites for hydroxylation is 1. The molecule has 2 amide bonds. The molecule has 0 spiro atoms. The number of aromatic nitrogens is 2. The molecule has 0 aliphatic heterocycles. The number of nitrogens with zero attached hydrogens (tertiary/aromatic N) is 3. The van der Waals surface area contributed by atoms with E-state index in [-0.39, 0.29) is 11.8 Å². The van der Waals surface area contributed by atoms with Gasteiger partial charge in [0.05, 0.1) is 22.3 Å². The first-order chi connectivity index (χ1) is 14.9. The van der Waals surface area contributed by atoms with Crippen LogP contribution >= 0.6 is 0 Å². The topological polar surface area (TPSA) is 88.3 Å². The Hall–Kier alpha value is -4.00. The van der Waals surface area contributed by atoms with Crippen molar-refractivity contribution in [2.24, 2.45) is 0 Å². The Bertz CT molecular complexity index is 1260. The van der Waals surface area contributed by atoms with Crippen molar-refractivity contribution in [1.82, 2.24) is 15.0 Å². The quantitative estimate of drug-likeness (QED) is 0.522. The molecule has 0 aliphatic rings. The molecule has 2 aromatic heterocycles. The molecule has 4 aromatic rings. The Morgan fingerprint density at radius 2 is 1.77 bits per heavy atom. The van der Waals surface area contributed by atoms with Gasteiger partial charge in [0, 0.05) is 31.8 Å². The van der Waals surface area contributed by atoms with Crippen molar-refractivity contribution in [3.05, 3.63) is 77.5 Å². The van der Waals surface area contributed by atoms with Gasteiger partial charge in [-0.15, -0.1) is 0 Å². The molecule has 0 radical (unpaired) electrons. The first kappa shape index (κ1) is 20.3. The maximum atomic E-state index is 13.3. The summed E-state index contributed by atoms with van der Waals surface area (Å²) < 4.78 is 5.37. The summed E-state index contributed by atoms with van der Waals surface area (Å²) in [5, 5.41) is 7.56. The Balaban J connectivity index is 1.74. The van der Waals surface area contributed by atoms with Gasteiger partial charge in [-0.25, -0.2) is 4.98 Å². The van der Waals surface area contributed by atoms with E-state index >= 15 is 0 Å². The van der Waals surface area contributed by atoms with Crippen molar-refractivity contribution >= 4 is 28.6 Å². The molecule has 0 saturated carbocycles. The Labute approximate surface area is 179 Å². The lowest BCUT2D eigenvalue weighted by atomic mass is 10.0. The number of amides is 2. The van der Waals surface area contributed by atoms with Gasteiger partial charge >= 0.3 is 0 Å². The maximum absolute atomic E-state index is 13.3. The van der Waals surface area contributed by atoms with Crippen LogP contribution in [0.25, 0.3) is 22.4 Å². The van der Waals surface area contributed by atoms with Gasteiger partial charge < -0.3 is 14.7 Å². The van der Waals surface area contributed by atoms with E-state index in [9.17, 15) is 9.59 Å². The van der Waals surface area contributed by atoms with E-state index in [1.807, 2.05) is 54.6 Å². The van der Waals surface area contributed by atoms with E-state index in [0.717, 1.165) is 11.1 Å². The third-order valence-corrected chi connectivity index (χ3v) is 5.14. The molecule has 0 bridgehead atoms. The molecule has 0 fully saturated rings. The second-order valence-electron chi connectivity index (χ2n) is 7.36. The van der Waals surface area contributed by atoms with Crippen molar-refractivity contribution in [3.8, 4) is 11.3 Å². The largest absolute Gasteiger partial charge is 0.342 e. The van der Waals surface area contributed by atoms with E-state index in [0.29, 0.717) is 40.3 Å². The number of carbonyl (C=O) groups excluding carboxylic acids is 2. The normalized spacial score (nSPS) is 10.8. The fourth-order valence-electron chi connectivity index (χ4n) is 3.37. The van der Waals surface area contributed by atoms with E-state index < -0.39 is 0 Å². The molecule has 0 unspecified atom stereocenters. The number of benzene rings is 2. The summed E-state index contributed by atoms with van der Waals surface area (Å²) in [4.78, 5) is 31.1. The summed E-state index contributed by atoms with van der Waals surface area (Å²) in [6.45, 7) is 3.68. The first-order valence-electron chi connectivity index (χ1n) is 9.87. The van der Waals surface area contributed by atoms with Gasteiger partial charge in [-0.05, 0) is 24.6 Å². The molecule has 0 saturated heterocycles. The van der Waals surface area contributed by atoms with Crippen LogP contribution in [-0.4, -0.2) is 33.9 Å². The zero-order valence-electron chi connectivity index (χ0n) is 17.5. The monoisotopic (exact) mass is 414 g/mol. The van der Waals surface area contributed by atoms with Crippen molar-refractivity contribution in [3.63, 3.8) is 0 Å². The molecule has 1 N–H and O–H groups in total. The van der Waals surface area contributed by atoms with Crippen molar-refractivity contribution in [2.75, 3.05) is 12.4 Å². The van der Waals surface area contributed by atoms with Crippen LogP contribution in [0.4, 0.5) is 5.69 Å². The number of hydrogen-bond acceptors (Lipinski definition) is 5. The molecule has 4 rings (SSSR count). The molecule has 31 heavy (non-hydrogen) atoms. The van der Waals surface area contributed by atoms with Gasteiger partial charge in [-0.1, -0.05) is 53.7 Å². The Morgan fingerprint density at radius 3 is 2.52 bits per heavy atom. The van der Waals surface area contributed by atoms with Crippen LogP contribution in [0.1, 0.15) is 28.5 Å². The van der Waals surface area contributed by atoms with Crippen molar-refractivity contribution < 1.29 is 14.1 Å². The van der Waals surface area contributed by atoms with Gasteiger partial charge in [-0.3, -0.25) is 9.59 Å². The number of carbonyl (C=O) groups is 2. The van der Waals surface area contributed by atoms with Crippen molar-refractivity contribution in [2.45, 2.75) is 20.4 Å². The van der Waals surface area contributed by atoms with Crippen LogP contribution in [-0.2, 0) is 11.3 Å². The highest BCUT2D eigenvalue weighted by atomic mass is 16.5. The molecule has 156 valence electrons. The van der Waals surface area contributed by atoms with E-state index in [1.54, 1.807) is 24.9 Å². The Morgan fingerprint density at radius 1 is 1.06 bits per heavy atom. The molecular weight excluding hydrogens is 392 g/mol. The number of nitrogens with one attached hydrogen (secondary N) is 1. The lowest BCUT2D eigenvalue weighted by molar-refractivity contribution is -0.128. The number of fused-ring (bicyclic) bond motifs is 1. The molecule has 0 atom stereocenters. The van der Waals surface area contributed by atoms with Crippen molar-refractivity contribution in [1.29, 1.82) is 0 Å². The molecule has 0 aliphatic carbocycles. The fourth-order valence-corrected chi connectivity index (χ4v) is 3.37. The third kappa shape index (κ3) is 4.16. The highest BCUT2D eigenvalue weighted by Gasteiger charge is 2.20. The summed E-state index contributed by atoms with van der Waals surface area (Å²) >= 11 is 0. The van der Waals surface area contributed by atoms with Gasteiger partial charge in [0.2, 0.25) is 5.91 Å². The van der Waals surface area contributed by atoms with E-state index in [1.165, 1.54) is 6.92 Å². The smallest absolute Gasteiger partial charge is 0.259 e. The van der Waals surface area contributed by atoms with Crippen LogP contribution in [0.2, 0.25) is 0 Å². The molecule has 7 nitrogen and oxygen atoms in total. The standard InChI is InChI=1S/C24H22N4O3/c1-15-22-19(13-21(26-24(22)31-27-15)17-9-5-4-6-10-17)23(30)25-20-12-8-7-11-18(20)14-28(3)16(2)29/h4-13H,14H2,1-3H3,(H,25,30). The summed E-state index contributed by atoms with van der Waals surface area (Å²) in [7, 11) is 1.72. The predicted octanol–water partition coefficient (Wildman–Crippen LogP) is 4.43. The maximum Gasteiger partial charge on any atom is 0.259 e. The number of pyridine rings is 1. The minimum absolute atomic E-state index is 0.0513. The minimum atomic E-state index is -0.297. The molecule has 2 aromatic carbocycles. The first-order valence-corrected chi connectivity index (χ1v) is 9.87. The zero-order chi connectivity index (χ0) is 22.0. The average Bonchev–Trinajstić information content (AvgIpc) is 3.15. The highest BCUT2D eigenvalue weighted by molar-refractivity contribution is 6.13. The molecular formula is C24H22N4O3. The van der Waals surface area contributed by atoms with Gasteiger partial charge in [0.1, 0.15) is 0 Å². The van der Waals surface area contributed by atoms with E-state index in [4.69, 9.17) is 4.52 Å². The SMILES string of the molecule is CC(=O)N(C)Cc1ccccc1NC(=O)c1cc(-c2ccccc2)nc2onc(C)c12. The van der Waals surface area contributed by atoms with Gasteiger partial charge in [0.25, 0.3) is 11.6 Å². The van der Waals surface area contributed by atoms with Crippen LogP contribution in [0, 0.1) is 6.92 Å². The third-order valence-electron chi connectivity index (χ3n) is 5.14. The number of hydrogen-bond donors (Lipinski definition) is 1. The number of para-hydroxylation sites is 1. The van der Waals surface area contributed by atoms with Gasteiger partial charge in [-0.2, -0.15) is 0 Å². The zero-order valence-corrected chi connectivity index (χ0v) is 17.5. The summed E-state index contributed by atoms with van der Waals surface area (Å²) in [6.07, 6.45) is 0. The average molecular weight is 414 g/mol. The Kier molecular flexibility index (Phi) is 5.49. The highest BCUT2D eigenvalue weighted by Crippen LogP contribution is 2.28. The van der Waals surface area contributed by atoms with Crippen LogP contribution in [0.3, 0.4) is 0 Å². The summed E-state index contributed by atoms with van der Waals surface area (Å²) in [5.41, 5.74) is 4.31. The summed E-state index contributed by atoms with van der Waals surface area (Å²) in [6, 6.07) is 18.8. The molecule has 7 heteroatoms. The van der Waals surface area contributed by atoms with Gasteiger partial charge in [0.15, 0.2) is 0 Å². The number of rotatable bonds is 5.